The Balaban J connectivity index is 1.96. The number of aliphatic hydroxyl groups excluding tert-OH is 1. The standard InChI is InChI=1S/C17H17NO6/c1-10(20)17(16(22)23)13(7-8-19)24-15-12(14(21)18(15)17)9-11-5-3-2-4-6-11/h2-7,12,15,19H,8-9H2,1H3,(H,22,23)/b13-7-/t12?,15-,17+/m1/s1. The van der Waals surface area contributed by atoms with Crippen LogP contribution in [0, 0.1) is 5.92 Å². The molecule has 24 heavy (non-hydrogen) atoms. The van der Waals surface area contributed by atoms with E-state index < -0.39 is 42.0 Å². The molecule has 3 atom stereocenters. The molecule has 2 fully saturated rings. The molecule has 2 saturated heterocycles. The maximum absolute atomic E-state index is 12.6. The van der Waals surface area contributed by atoms with Gasteiger partial charge in [-0.1, -0.05) is 30.3 Å². The van der Waals surface area contributed by atoms with Crippen molar-refractivity contribution in [1.29, 1.82) is 0 Å². The molecule has 0 saturated carbocycles. The van der Waals surface area contributed by atoms with Gasteiger partial charge in [0.25, 0.3) is 5.54 Å². The average Bonchev–Trinajstić information content (AvgIpc) is 2.86. The number of Topliss-reactive ketones (excluding diaryl/α,β-unsaturated/α-hetero) is 1. The van der Waals surface area contributed by atoms with Crippen LogP contribution in [0.25, 0.3) is 0 Å². The molecule has 0 aliphatic carbocycles. The summed E-state index contributed by atoms with van der Waals surface area (Å²) in [6.07, 6.45) is 0.692. The molecule has 2 heterocycles. The van der Waals surface area contributed by atoms with E-state index in [1.165, 1.54) is 0 Å². The Kier molecular flexibility index (Phi) is 3.88. The second kappa shape index (κ2) is 5.76. The van der Waals surface area contributed by atoms with E-state index in [1.807, 2.05) is 30.3 Å². The van der Waals surface area contributed by atoms with Gasteiger partial charge in [-0.3, -0.25) is 14.5 Å². The zero-order chi connectivity index (χ0) is 17.5. The topological polar surface area (TPSA) is 104 Å². The van der Waals surface area contributed by atoms with E-state index in [1.54, 1.807) is 0 Å². The van der Waals surface area contributed by atoms with Crippen molar-refractivity contribution in [3.05, 3.63) is 47.7 Å². The van der Waals surface area contributed by atoms with Crippen molar-refractivity contribution >= 4 is 17.7 Å². The Morgan fingerprint density at radius 3 is 2.54 bits per heavy atom. The van der Waals surface area contributed by atoms with Gasteiger partial charge < -0.3 is 14.9 Å². The van der Waals surface area contributed by atoms with Crippen LogP contribution >= 0.6 is 0 Å². The van der Waals surface area contributed by atoms with Gasteiger partial charge in [-0.15, -0.1) is 0 Å². The fourth-order valence-electron chi connectivity index (χ4n) is 3.39. The molecule has 2 N–H and O–H groups in total. The molecular formula is C17H17NO6. The number of benzene rings is 1. The summed E-state index contributed by atoms with van der Waals surface area (Å²) in [5, 5.41) is 18.7. The Morgan fingerprint density at radius 2 is 2.00 bits per heavy atom. The molecule has 0 spiro atoms. The highest BCUT2D eigenvalue weighted by molar-refractivity contribution is 6.14. The van der Waals surface area contributed by atoms with E-state index in [2.05, 4.69) is 0 Å². The molecule has 0 bridgehead atoms. The second-order valence-electron chi connectivity index (χ2n) is 5.84. The number of carboxylic acid groups (broad SMARTS) is 1. The van der Waals surface area contributed by atoms with Crippen LogP contribution in [-0.2, 0) is 25.5 Å². The van der Waals surface area contributed by atoms with E-state index in [0.29, 0.717) is 6.42 Å². The lowest BCUT2D eigenvalue weighted by Gasteiger charge is -2.44. The number of ether oxygens (including phenoxy) is 1. The number of β-lactam (4-membered cyclic amide) rings is 1. The summed E-state index contributed by atoms with van der Waals surface area (Å²) in [6.45, 7) is 0.610. The minimum atomic E-state index is -2.18. The minimum Gasteiger partial charge on any atom is -0.479 e. The fourth-order valence-corrected chi connectivity index (χ4v) is 3.39. The zero-order valence-corrected chi connectivity index (χ0v) is 13.0. The van der Waals surface area contributed by atoms with E-state index >= 15 is 0 Å². The first-order chi connectivity index (χ1) is 11.4. The number of carboxylic acids is 1. The van der Waals surface area contributed by atoms with Gasteiger partial charge in [0.05, 0.1) is 12.5 Å². The normalized spacial score (nSPS) is 29.8. The number of aliphatic carboxylic acids is 1. The lowest BCUT2D eigenvalue weighted by Crippen LogP contribution is -2.70. The van der Waals surface area contributed by atoms with Crippen molar-refractivity contribution < 1.29 is 29.3 Å². The third-order valence-corrected chi connectivity index (χ3v) is 4.51. The average molecular weight is 331 g/mol. The zero-order valence-electron chi connectivity index (χ0n) is 13.0. The molecule has 1 unspecified atom stereocenters. The highest BCUT2D eigenvalue weighted by atomic mass is 16.5. The largest absolute Gasteiger partial charge is 0.479 e. The van der Waals surface area contributed by atoms with Crippen LogP contribution in [0.15, 0.2) is 42.2 Å². The number of amides is 1. The molecule has 7 heteroatoms. The number of aliphatic hydroxyl groups is 1. The van der Waals surface area contributed by atoms with Crippen LogP contribution in [-0.4, -0.2) is 51.1 Å². The van der Waals surface area contributed by atoms with Crippen molar-refractivity contribution in [2.45, 2.75) is 25.1 Å². The van der Waals surface area contributed by atoms with Crippen LogP contribution in [0.2, 0.25) is 0 Å². The molecular weight excluding hydrogens is 314 g/mol. The summed E-state index contributed by atoms with van der Waals surface area (Å²) >= 11 is 0. The number of hydrogen-bond donors (Lipinski definition) is 2. The van der Waals surface area contributed by atoms with Crippen LogP contribution in [0.5, 0.6) is 0 Å². The van der Waals surface area contributed by atoms with E-state index in [9.17, 15) is 19.5 Å². The number of hydrogen-bond acceptors (Lipinski definition) is 5. The first kappa shape index (κ1) is 16.2. The molecule has 2 aliphatic heterocycles. The molecule has 1 amide bonds. The third kappa shape index (κ3) is 2.05. The van der Waals surface area contributed by atoms with E-state index in [4.69, 9.17) is 9.84 Å². The molecule has 1 aromatic carbocycles. The minimum absolute atomic E-state index is 0.195. The monoisotopic (exact) mass is 331 g/mol. The summed E-state index contributed by atoms with van der Waals surface area (Å²) in [5.41, 5.74) is -1.26. The number of carbonyl (C=O) groups is 3. The molecule has 0 radical (unpaired) electrons. The molecule has 3 rings (SSSR count). The van der Waals surface area contributed by atoms with Gasteiger partial charge in [0.2, 0.25) is 5.91 Å². The van der Waals surface area contributed by atoms with Gasteiger partial charge in [-0.2, -0.15) is 0 Å². The first-order valence-electron chi connectivity index (χ1n) is 7.54. The molecule has 0 aromatic heterocycles. The smallest absolute Gasteiger partial charge is 0.345 e. The first-order valence-corrected chi connectivity index (χ1v) is 7.54. The van der Waals surface area contributed by atoms with Crippen molar-refractivity contribution in [2.75, 3.05) is 6.61 Å². The second-order valence-corrected chi connectivity index (χ2v) is 5.84. The highest BCUT2D eigenvalue weighted by Gasteiger charge is 2.71. The summed E-state index contributed by atoms with van der Waals surface area (Å²) in [6, 6.07) is 9.28. The number of ketones is 1. The Bertz CT molecular complexity index is 712. The van der Waals surface area contributed by atoms with Gasteiger partial charge >= 0.3 is 5.97 Å². The molecule has 126 valence electrons. The van der Waals surface area contributed by atoms with E-state index in [-0.39, 0.29) is 5.76 Å². The fraction of sp³-hybridized carbons (Fsp3) is 0.353. The van der Waals surface area contributed by atoms with Crippen LogP contribution in [0.3, 0.4) is 0 Å². The molecule has 2 aliphatic rings. The highest BCUT2D eigenvalue weighted by Crippen LogP contribution is 2.48. The van der Waals surface area contributed by atoms with Gasteiger partial charge in [0.1, 0.15) is 5.76 Å². The van der Waals surface area contributed by atoms with Crippen molar-refractivity contribution in [2.24, 2.45) is 5.92 Å². The predicted molar refractivity (Wildman–Crippen MR) is 81.6 cm³/mol. The number of fused-ring (bicyclic) bond motifs is 1. The third-order valence-electron chi connectivity index (χ3n) is 4.51. The van der Waals surface area contributed by atoms with E-state index in [0.717, 1.165) is 23.5 Å². The van der Waals surface area contributed by atoms with Crippen molar-refractivity contribution in [1.82, 2.24) is 4.90 Å². The number of carbonyl (C=O) groups excluding carboxylic acids is 2. The summed E-state index contributed by atoms with van der Waals surface area (Å²) < 4.78 is 5.60. The Labute approximate surface area is 138 Å². The summed E-state index contributed by atoms with van der Waals surface area (Å²) in [7, 11) is 0. The number of nitrogens with zero attached hydrogens (tertiary/aromatic N) is 1. The van der Waals surface area contributed by atoms with Gasteiger partial charge in [-0.05, 0) is 25.0 Å². The lowest BCUT2D eigenvalue weighted by atomic mass is 9.82. The van der Waals surface area contributed by atoms with Crippen LogP contribution < -0.4 is 0 Å². The van der Waals surface area contributed by atoms with Crippen LogP contribution in [0.1, 0.15) is 12.5 Å². The summed E-state index contributed by atoms with van der Waals surface area (Å²) in [4.78, 5) is 37.5. The van der Waals surface area contributed by atoms with Crippen LogP contribution in [0.4, 0.5) is 0 Å². The van der Waals surface area contributed by atoms with Gasteiger partial charge in [-0.25, -0.2) is 4.79 Å². The predicted octanol–water partition coefficient (Wildman–Crippen LogP) is 0.332. The van der Waals surface area contributed by atoms with Gasteiger partial charge in [0, 0.05) is 0 Å². The maximum atomic E-state index is 12.6. The van der Waals surface area contributed by atoms with Crippen molar-refractivity contribution in [3.63, 3.8) is 0 Å². The summed E-state index contributed by atoms with van der Waals surface area (Å²) in [5.74, 6) is -3.41. The maximum Gasteiger partial charge on any atom is 0.345 e. The van der Waals surface area contributed by atoms with Gasteiger partial charge in [0.15, 0.2) is 12.0 Å². The quantitative estimate of drug-likeness (QED) is 0.595. The lowest BCUT2D eigenvalue weighted by molar-refractivity contribution is -0.184. The Morgan fingerprint density at radius 1 is 1.33 bits per heavy atom. The molecule has 7 nitrogen and oxygen atoms in total. The SMILES string of the molecule is CC(=O)[C@@]1(C(=O)O)/C(=C/CO)O[C@@H]2C(Cc3ccccc3)C(=O)N21. The van der Waals surface area contributed by atoms with Crippen molar-refractivity contribution in [3.8, 4) is 0 Å². The molecule has 1 aromatic rings. The number of rotatable bonds is 5. The Hall–Kier alpha value is -2.67.